The van der Waals surface area contributed by atoms with E-state index in [0.29, 0.717) is 11.0 Å². The number of ether oxygens (including phenoxy) is 1. The first-order chi connectivity index (χ1) is 8.79. The number of rotatable bonds is 1. The second-order valence-corrected chi connectivity index (χ2v) is 5.18. The summed E-state index contributed by atoms with van der Waals surface area (Å²) in [6.45, 7) is 5.27. The van der Waals surface area contributed by atoms with E-state index in [-0.39, 0.29) is 5.46 Å². The molecule has 0 aliphatic carbocycles. The number of hydrogen-bond donors (Lipinski definition) is 2. The highest BCUT2D eigenvalue weighted by molar-refractivity contribution is 6.62. The molecule has 2 heterocycles. The third-order valence-corrected chi connectivity index (χ3v) is 2.46. The predicted molar refractivity (Wildman–Crippen MR) is 71.2 cm³/mol. The van der Waals surface area contributed by atoms with Crippen LogP contribution in [0, 0.1) is 0 Å². The lowest BCUT2D eigenvalue weighted by atomic mass is 9.80. The quantitative estimate of drug-likeness (QED) is 0.731. The Kier molecular flexibility index (Phi) is 3.34. The van der Waals surface area contributed by atoms with Crippen molar-refractivity contribution in [3.8, 4) is 0 Å². The predicted octanol–water partition coefficient (Wildman–Crippen LogP) is 0.499. The van der Waals surface area contributed by atoms with E-state index in [0.717, 1.165) is 0 Å². The van der Waals surface area contributed by atoms with Crippen molar-refractivity contribution < 1.29 is 19.6 Å². The molecule has 19 heavy (non-hydrogen) atoms. The number of pyridine rings is 1. The maximum atomic E-state index is 12.0. The van der Waals surface area contributed by atoms with Crippen molar-refractivity contribution in [2.45, 2.75) is 26.4 Å². The van der Waals surface area contributed by atoms with Gasteiger partial charge in [0.1, 0.15) is 11.2 Å². The molecule has 7 heteroatoms. The fourth-order valence-electron chi connectivity index (χ4n) is 1.74. The van der Waals surface area contributed by atoms with Gasteiger partial charge in [0.15, 0.2) is 0 Å². The van der Waals surface area contributed by atoms with Crippen LogP contribution in [0.25, 0.3) is 11.0 Å². The summed E-state index contributed by atoms with van der Waals surface area (Å²) in [6.07, 6.45) is 2.25. The van der Waals surface area contributed by atoms with Gasteiger partial charge in [0, 0.05) is 23.2 Å². The number of hydrogen-bond acceptors (Lipinski definition) is 5. The lowest BCUT2D eigenvalue weighted by molar-refractivity contribution is 0.0544. The number of carbonyl (C=O) groups is 1. The van der Waals surface area contributed by atoms with E-state index in [1.54, 1.807) is 32.9 Å². The summed E-state index contributed by atoms with van der Waals surface area (Å²) in [5.74, 6) is 0. The number of nitrogens with zero attached hydrogens (tertiary/aromatic N) is 2. The van der Waals surface area contributed by atoms with E-state index >= 15 is 0 Å². The monoisotopic (exact) mass is 262 g/mol. The summed E-state index contributed by atoms with van der Waals surface area (Å²) >= 11 is 0. The van der Waals surface area contributed by atoms with Crippen LogP contribution in [-0.2, 0) is 4.74 Å². The second-order valence-electron chi connectivity index (χ2n) is 5.18. The lowest BCUT2D eigenvalue weighted by Gasteiger charge is -2.19. The molecule has 0 unspecified atom stereocenters. The smallest absolute Gasteiger partial charge is 0.443 e. The van der Waals surface area contributed by atoms with Gasteiger partial charge in [0.2, 0.25) is 0 Å². The van der Waals surface area contributed by atoms with Crippen LogP contribution >= 0.6 is 0 Å². The fourth-order valence-corrected chi connectivity index (χ4v) is 1.74. The molecule has 2 aromatic heterocycles. The summed E-state index contributed by atoms with van der Waals surface area (Å²) in [7, 11) is -1.67. The van der Waals surface area contributed by atoms with E-state index in [2.05, 4.69) is 4.98 Å². The second kappa shape index (κ2) is 4.67. The molecule has 0 saturated heterocycles. The highest BCUT2D eigenvalue weighted by atomic mass is 16.6. The number of fused-ring (bicyclic) bond motifs is 1. The molecule has 0 aliphatic rings. The minimum Gasteiger partial charge on any atom is -0.443 e. The average Bonchev–Trinajstić information content (AvgIpc) is 2.66. The first-order valence-electron chi connectivity index (χ1n) is 5.85. The van der Waals surface area contributed by atoms with Crippen LogP contribution in [-0.4, -0.2) is 38.4 Å². The molecule has 100 valence electrons. The standard InChI is InChI=1S/C12H15BN2O4/c1-12(2,3)19-11(16)15-7-9(13(17)18)8-5-4-6-14-10(8)15/h4-7,17-18H,1-3H3. The molecule has 6 nitrogen and oxygen atoms in total. The van der Waals surface area contributed by atoms with E-state index in [9.17, 15) is 14.8 Å². The molecule has 0 aliphatic heterocycles. The molecule has 0 bridgehead atoms. The van der Waals surface area contributed by atoms with Crippen molar-refractivity contribution in [3.63, 3.8) is 0 Å². The molecule has 0 atom stereocenters. The molecule has 0 saturated carbocycles. The molecule has 0 amide bonds. The molecule has 2 N–H and O–H groups in total. The molecule has 2 aromatic rings. The van der Waals surface area contributed by atoms with Crippen molar-refractivity contribution in [1.82, 2.24) is 9.55 Å². The topological polar surface area (TPSA) is 84.6 Å². The van der Waals surface area contributed by atoms with Gasteiger partial charge in [0.05, 0.1) is 0 Å². The molecular formula is C12H15BN2O4. The van der Waals surface area contributed by atoms with Gasteiger partial charge in [-0.15, -0.1) is 0 Å². The van der Waals surface area contributed by atoms with E-state index in [1.807, 2.05) is 0 Å². The van der Waals surface area contributed by atoms with E-state index in [4.69, 9.17) is 4.74 Å². The Balaban J connectivity index is 2.52. The number of aromatic nitrogens is 2. The molecule has 0 spiro atoms. The van der Waals surface area contributed by atoms with Crippen LogP contribution in [0.5, 0.6) is 0 Å². The number of carbonyl (C=O) groups excluding carboxylic acids is 1. The normalized spacial score (nSPS) is 11.6. The van der Waals surface area contributed by atoms with Crippen LogP contribution in [0.2, 0.25) is 0 Å². The van der Waals surface area contributed by atoms with E-state index < -0.39 is 18.8 Å². The maximum absolute atomic E-state index is 12.0. The fraction of sp³-hybridized carbons (Fsp3) is 0.333. The zero-order chi connectivity index (χ0) is 14.2. The van der Waals surface area contributed by atoms with Crippen molar-refractivity contribution in [3.05, 3.63) is 24.5 Å². The summed E-state index contributed by atoms with van der Waals surface area (Å²) in [5, 5.41) is 19.1. The Bertz CT molecular complexity index is 616. The zero-order valence-electron chi connectivity index (χ0n) is 11.0. The summed E-state index contributed by atoms with van der Waals surface area (Å²) in [5.41, 5.74) is -0.0886. The maximum Gasteiger partial charge on any atom is 0.490 e. The highest BCUT2D eigenvalue weighted by Crippen LogP contribution is 2.14. The third-order valence-electron chi connectivity index (χ3n) is 2.46. The van der Waals surface area contributed by atoms with Crippen LogP contribution in [0.4, 0.5) is 4.79 Å². The average molecular weight is 262 g/mol. The Morgan fingerprint density at radius 1 is 1.42 bits per heavy atom. The van der Waals surface area contributed by atoms with Crippen molar-refractivity contribution in [2.24, 2.45) is 0 Å². The Labute approximate surface area is 110 Å². The first-order valence-corrected chi connectivity index (χ1v) is 5.85. The molecular weight excluding hydrogens is 247 g/mol. The van der Waals surface area contributed by atoms with Gasteiger partial charge in [-0.3, -0.25) is 0 Å². The van der Waals surface area contributed by atoms with Gasteiger partial charge in [-0.1, -0.05) is 6.07 Å². The van der Waals surface area contributed by atoms with Gasteiger partial charge in [0.25, 0.3) is 0 Å². The van der Waals surface area contributed by atoms with Gasteiger partial charge >= 0.3 is 13.2 Å². The Hall–Kier alpha value is -1.86. The van der Waals surface area contributed by atoms with Gasteiger partial charge in [-0.05, 0) is 26.8 Å². The van der Waals surface area contributed by atoms with Crippen molar-refractivity contribution in [2.75, 3.05) is 0 Å². The van der Waals surface area contributed by atoms with Crippen LogP contribution in [0.15, 0.2) is 24.5 Å². The van der Waals surface area contributed by atoms with Gasteiger partial charge in [-0.2, -0.15) is 0 Å². The van der Waals surface area contributed by atoms with Gasteiger partial charge < -0.3 is 14.8 Å². The Morgan fingerprint density at radius 3 is 2.68 bits per heavy atom. The van der Waals surface area contributed by atoms with E-state index in [1.165, 1.54) is 17.0 Å². The Morgan fingerprint density at radius 2 is 2.11 bits per heavy atom. The molecule has 0 radical (unpaired) electrons. The van der Waals surface area contributed by atoms with Crippen LogP contribution in [0.1, 0.15) is 20.8 Å². The highest BCUT2D eigenvalue weighted by Gasteiger charge is 2.24. The lowest BCUT2D eigenvalue weighted by Crippen LogP contribution is -2.30. The van der Waals surface area contributed by atoms with Crippen LogP contribution < -0.4 is 5.46 Å². The van der Waals surface area contributed by atoms with Crippen molar-refractivity contribution >= 4 is 29.7 Å². The summed E-state index contributed by atoms with van der Waals surface area (Å²) in [6, 6.07) is 3.33. The first kappa shape index (κ1) is 13.6. The third kappa shape index (κ3) is 2.77. The summed E-state index contributed by atoms with van der Waals surface area (Å²) in [4.78, 5) is 16.1. The van der Waals surface area contributed by atoms with Gasteiger partial charge in [-0.25, -0.2) is 14.3 Å². The molecule has 0 fully saturated rings. The molecule has 0 aromatic carbocycles. The summed E-state index contributed by atoms with van der Waals surface area (Å²) < 4.78 is 6.42. The minimum absolute atomic E-state index is 0.217. The zero-order valence-corrected chi connectivity index (χ0v) is 11.0. The van der Waals surface area contributed by atoms with Crippen molar-refractivity contribution in [1.29, 1.82) is 0 Å². The largest absolute Gasteiger partial charge is 0.490 e. The van der Waals surface area contributed by atoms with Crippen LogP contribution in [0.3, 0.4) is 0 Å². The minimum atomic E-state index is -1.67. The molecule has 2 rings (SSSR count). The SMILES string of the molecule is CC(C)(C)OC(=O)n1cc(B(O)O)c2cccnc21.